The molecule has 9 heteroatoms. The summed E-state index contributed by atoms with van der Waals surface area (Å²) < 4.78 is 47.6. The predicted octanol–water partition coefficient (Wildman–Crippen LogP) is 2.13. The maximum Gasteiger partial charge on any atom is 0.445 e. The van der Waals surface area contributed by atoms with Gasteiger partial charge in [0.2, 0.25) is 10.1 Å². The fourth-order valence-corrected chi connectivity index (χ4v) is 2.04. The molecule has 0 radical (unpaired) electrons. The van der Waals surface area contributed by atoms with Crippen LogP contribution in [0.25, 0.3) is 0 Å². The van der Waals surface area contributed by atoms with Crippen LogP contribution < -0.4 is 5.32 Å². The molecule has 4 nitrogen and oxygen atoms in total. The number of halogens is 3. The summed E-state index contributed by atoms with van der Waals surface area (Å²) in [5, 5.41) is 8.32. The molecule has 0 aliphatic rings. The van der Waals surface area contributed by atoms with Gasteiger partial charge in [-0.1, -0.05) is 18.3 Å². The summed E-state index contributed by atoms with van der Waals surface area (Å²) in [7, 11) is -0.930. The van der Waals surface area contributed by atoms with Crippen molar-refractivity contribution in [2.45, 2.75) is 24.8 Å². The molecule has 0 aromatic carbocycles. The van der Waals surface area contributed by atoms with Gasteiger partial charge in [-0.3, -0.25) is 4.21 Å². The van der Waals surface area contributed by atoms with Gasteiger partial charge < -0.3 is 5.32 Å². The Morgan fingerprint density at radius 3 is 2.59 bits per heavy atom. The molecule has 0 fully saturated rings. The van der Waals surface area contributed by atoms with Crippen molar-refractivity contribution in [3.63, 3.8) is 0 Å². The predicted molar refractivity (Wildman–Crippen MR) is 61.5 cm³/mol. The maximum atomic E-state index is 12.2. The van der Waals surface area contributed by atoms with Gasteiger partial charge in [0.25, 0.3) is 0 Å². The molecule has 0 bridgehead atoms. The van der Waals surface area contributed by atoms with Crippen molar-refractivity contribution in [2.24, 2.45) is 0 Å². The van der Waals surface area contributed by atoms with E-state index in [2.05, 4.69) is 15.5 Å². The fraction of sp³-hybridized carbons (Fsp3) is 0.750. The lowest BCUT2D eigenvalue weighted by Crippen LogP contribution is -2.14. The van der Waals surface area contributed by atoms with Crippen LogP contribution in [0.15, 0.2) is 0 Å². The summed E-state index contributed by atoms with van der Waals surface area (Å²) in [6.07, 6.45) is -2.25. The number of rotatable bonds is 5. The molecule has 1 heterocycles. The highest BCUT2D eigenvalue weighted by atomic mass is 32.2. The largest absolute Gasteiger partial charge is 0.445 e. The first-order valence-corrected chi connectivity index (χ1v) is 7.21. The molecule has 2 unspecified atom stereocenters. The number of anilines is 1. The van der Waals surface area contributed by atoms with Crippen LogP contribution in [0.2, 0.25) is 0 Å². The van der Waals surface area contributed by atoms with Crippen LogP contribution in [0.5, 0.6) is 0 Å². The van der Waals surface area contributed by atoms with Gasteiger partial charge in [0.15, 0.2) is 0 Å². The molecular formula is C8H12F3N3OS2. The van der Waals surface area contributed by atoms with E-state index in [9.17, 15) is 17.4 Å². The van der Waals surface area contributed by atoms with E-state index in [4.69, 9.17) is 0 Å². The average molecular weight is 287 g/mol. The summed E-state index contributed by atoms with van der Waals surface area (Å²) in [6.45, 7) is 2.24. The number of hydrogen-bond donors (Lipinski definition) is 1. The Hall–Kier alpha value is -0.700. The van der Waals surface area contributed by atoms with Gasteiger partial charge in [-0.25, -0.2) is 0 Å². The molecule has 1 N–H and O–H groups in total. The van der Waals surface area contributed by atoms with E-state index in [0.29, 0.717) is 24.3 Å². The van der Waals surface area contributed by atoms with E-state index in [1.807, 2.05) is 6.92 Å². The summed E-state index contributed by atoms with van der Waals surface area (Å²) in [5.41, 5.74) is 0. The zero-order valence-corrected chi connectivity index (χ0v) is 10.9. The van der Waals surface area contributed by atoms with E-state index in [-0.39, 0.29) is 10.4 Å². The first-order chi connectivity index (χ1) is 7.80. The van der Waals surface area contributed by atoms with Crippen LogP contribution in [0, 0.1) is 0 Å². The van der Waals surface area contributed by atoms with Gasteiger partial charge in [0.05, 0.1) is 0 Å². The lowest BCUT2D eigenvalue weighted by molar-refractivity contribution is -0.138. The number of nitrogens with zero attached hydrogens (tertiary/aromatic N) is 2. The standard InChI is InChI=1S/C8H12F3N3OS2/c1-5(17(2)15)3-4-12-7-14-13-6(16-7)8(9,10)11/h5H,3-4H2,1-2H3,(H,12,14). The van der Waals surface area contributed by atoms with Crippen LogP contribution >= 0.6 is 11.3 Å². The Bertz CT molecular complexity index is 394. The van der Waals surface area contributed by atoms with E-state index >= 15 is 0 Å². The second-order valence-electron chi connectivity index (χ2n) is 3.43. The highest BCUT2D eigenvalue weighted by molar-refractivity contribution is 7.84. The van der Waals surface area contributed by atoms with Crippen molar-refractivity contribution in [2.75, 3.05) is 18.1 Å². The fourth-order valence-electron chi connectivity index (χ4n) is 0.958. The van der Waals surface area contributed by atoms with Gasteiger partial charge in [-0.15, -0.1) is 10.2 Å². The molecular weight excluding hydrogens is 275 g/mol. The first kappa shape index (κ1) is 14.4. The van der Waals surface area contributed by atoms with Gasteiger partial charge >= 0.3 is 6.18 Å². The van der Waals surface area contributed by atoms with Gasteiger partial charge in [-0.05, 0) is 6.42 Å². The molecule has 0 aliphatic carbocycles. The lowest BCUT2D eigenvalue weighted by atomic mass is 10.3. The Morgan fingerprint density at radius 1 is 1.47 bits per heavy atom. The highest BCUT2D eigenvalue weighted by Crippen LogP contribution is 2.32. The molecule has 0 amide bonds. The van der Waals surface area contributed by atoms with Crippen molar-refractivity contribution in [1.29, 1.82) is 0 Å². The maximum absolute atomic E-state index is 12.2. The Balaban J connectivity index is 2.43. The van der Waals surface area contributed by atoms with Crippen molar-refractivity contribution >= 4 is 27.3 Å². The molecule has 0 saturated carbocycles. The zero-order chi connectivity index (χ0) is 13.1. The number of hydrogen-bond acceptors (Lipinski definition) is 5. The molecule has 0 aliphatic heterocycles. The minimum absolute atomic E-state index is 0.00231. The first-order valence-electron chi connectivity index (χ1n) is 4.77. The molecule has 0 spiro atoms. The van der Waals surface area contributed by atoms with Crippen molar-refractivity contribution < 1.29 is 17.4 Å². The van der Waals surface area contributed by atoms with Crippen LogP contribution in [0.3, 0.4) is 0 Å². The van der Waals surface area contributed by atoms with Crippen LogP contribution in [-0.4, -0.2) is 32.5 Å². The minimum atomic E-state index is -4.45. The smallest absolute Gasteiger partial charge is 0.360 e. The lowest BCUT2D eigenvalue weighted by Gasteiger charge is -2.07. The second-order valence-corrected chi connectivity index (χ2v) is 6.21. The zero-order valence-electron chi connectivity index (χ0n) is 9.24. The number of aromatic nitrogens is 2. The minimum Gasteiger partial charge on any atom is -0.360 e. The van der Waals surface area contributed by atoms with E-state index in [1.165, 1.54) is 0 Å². The number of nitrogens with one attached hydrogen (secondary N) is 1. The summed E-state index contributed by atoms with van der Waals surface area (Å²) in [6, 6.07) is 0. The van der Waals surface area contributed by atoms with Crippen LogP contribution in [0.1, 0.15) is 18.4 Å². The third kappa shape index (κ3) is 4.58. The third-order valence-corrected chi connectivity index (χ3v) is 4.36. The molecule has 17 heavy (non-hydrogen) atoms. The quantitative estimate of drug-likeness (QED) is 0.901. The summed E-state index contributed by atoms with van der Waals surface area (Å²) >= 11 is 0.466. The van der Waals surface area contributed by atoms with Crippen molar-refractivity contribution in [3.05, 3.63) is 5.01 Å². The van der Waals surface area contributed by atoms with Gasteiger partial charge in [-0.2, -0.15) is 13.2 Å². The topological polar surface area (TPSA) is 54.9 Å². The van der Waals surface area contributed by atoms with Crippen LogP contribution in [0.4, 0.5) is 18.3 Å². The molecule has 1 aromatic heterocycles. The third-order valence-electron chi connectivity index (χ3n) is 2.06. The summed E-state index contributed by atoms with van der Waals surface area (Å²) in [4.78, 5) is 0. The van der Waals surface area contributed by atoms with E-state index in [0.717, 1.165) is 0 Å². The SMILES string of the molecule is CC(CCNc1nnc(C(F)(F)F)s1)S(C)=O. The molecule has 98 valence electrons. The monoisotopic (exact) mass is 287 g/mol. The normalized spacial score (nSPS) is 15.6. The summed E-state index contributed by atoms with van der Waals surface area (Å²) in [5.74, 6) is 0. The van der Waals surface area contributed by atoms with Gasteiger partial charge in [0, 0.05) is 28.9 Å². The Kier molecular flexibility index (Phi) is 4.87. The average Bonchev–Trinajstić information content (AvgIpc) is 2.65. The molecule has 0 saturated heterocycles. The van der Waals surface area contributed by atoms with E-state index in [1.54, 1.807) is 6.26 Å². The highest BCUT2D eigenvalue weighted by Gasteiger charge is 2.35. The van der Waals surface area contributed by atoms with E-state index < -0.39 is 22.0 Å². The Morgan fingerprint density at radius 2 is 2.12 bits per heavy atom. The van der Waals surface area contributed by atoms with Gasteiger partial charge in [0.1, 0.15) is 0 Å². The Labute approximate surface area is 103 Å². The molecule has 1 rings (SSSR count). The number of alkyl halides is 3. The second kappa shape index (κ2) is 5.76. The van der Waals surface area contributed by atoms with Crippen molar-refractivity contribution in [1.82, 2.24) is 10.2 Å². The van der Waals surface area contributed by atoms with Crippen LogP contribution in [-0.2, 0) is 17.0 Å². The molecule has 2 atom stereocenters. The molecule has 1 aromatic rings. The van der Waals surface area contributed by atoms with Crippen molar-refractivity contribution in [3.8, 4) is 0 Å².